The predicted molar refractivity (Wildman–Crippen MR) is 83.6 cm³/mol. The number of nitrogens with zero attached hydrogens (tertiary/aromatic N) is 1. The van der Waals surface area contributed by atoms with Gasteiger partial charge in [-0.3, -0.25) is 4.79 Å². The molecule has 1 aromatic rings. The molecule has 0 fully saturated rings. The molecule has 1 unspecified atom stereocenters. The van der Waals surface area contributed by atoms with Crippen molar-refractivity contribution in [3.63, 3.8) is 0 Å². The van der Waals surface area contributed by atoms with E-state index in [9.17, 15) is 4.79 Å². The van der Waals surface area contributed by atoms with Crippen molar-refractivity contribution in [3.05, 3.63) is 24.3 Å². The normalized spacial score (nSPS) is 11.8. The largest absolute Gasteiger partial charge is 0.497 e. The zero-order valence-electron chi connectivity index (χ0n) is 13.2. The van der Waals surface area contributed by atoms with Crippen LogP contribution in [0.2, 0.25) is 0 Å². The van der Waals surface area contributed by atoms with Crippen LogP contribution in [0.1, 0.15) is 19.8 Å². The van der Waals surface area contributed by atoms with E-state index < -0.39 is 0 Å². The van der Waals surface area contributed by atoms with Gasteiger partial charge in [0.05, 0.1) is 19.6 Å². The summed E-state index contributed by atoms with van der Waals surface area (Å²) in [7, 11) is 3.42. The zero-order chi connectivity index (χ0) is 15.7. The third kappa shape index (κ3) is 5.63. The average Bonchev–Trinajstić information content (AvgIpc) is 2.52. The van der Waals surface area contributed by atoms with Crippen LogP contribution in [0.15, 0.2) is 24.3 Å². The van der Waals surface area contributed by atoms with Gasteiger partial charge in [-0.25, -0.2) is 0 Å². The third-order valence-electron chi connectivity index (χ3n) is 3.40. The molecule has 0 heterocycles. The Morgan fingerprint density at radius 2 is 1.90 bits per heavy atom. The van der Waals surface area contributed by atoms with Gasteiger partial charge in [0.15, 0.2) is 0 Å². The molecule has 0 aliphatic carbocycles. The highest BCUT2D eigenvalue weighted by atomic mass is 16.5. The van der Waals surface area contributed by atoms with Gasteiger partial charge in [-0.05, 0) is 30.7 Å². The van der Waals surface area contributed by atoms with Gasteiger partial charge in [0, 0.05) is 13.6 Å². The van der Waals surface area contributed by atoms with Crippen molar-refractivity contribution in [3.8, 4) is 11.5 Å². The summed E-state index contributed by atoms with van der Waals surface area (Å²) in [5.41, 5.74) is 5.65. The van der Waals surface area contributed by atoms with E-state index in [4.69, 9.17) is 15.2 Å². The van der Waals surface area contributed by atoms with Crippen molar-refractivity contribution in [2.75, 3.05) is 33.9 Å². The Morgan fingerprint density at radius 3 is 2.43 bits per heavy atom. The lowest BCUT2D eigenvalue weighted by atomic mass is 10.0. The van der Waals surface area contributed by atoms with Crippen molar-refractivity contribution in [1.82, 2.24) is 4.90 Å². The quantitative estimate of drug-likeness (QED) is 0.755. The minimum atomic E-state index is -0.0824. The van der Waals surface area contributed by atoms with E-state index in [1.54, 1.807) is 19.1 Å². The topological polar surface area (TPSA) is 64.8 Å². The lowest BCUT2D eigenvalue weighted by molar-refractivity contribution is -0.134. The molecular formula is C16H26N2O3. The smallest absolute Gasteiger partial charge is 0.226 e. The van der Waals surface area contributed by atoms with Gasteiger partial charge in [0.1, 0.15) is 18.1 Å². The average molecular weight is 294 g/mol. The molecule has 1 aromatic carbocycles. The molecule has 2 N–H and O–H groups in total. The second kappa shape index (κ2) is 9.23. The molecule has 1 amide bonds. The van der Waals surface area contributed by atoms with Gasteiger partial charge in [-0.1, -0.05) is 13.3 Å². The maximum atomic E-state index is 12.2. The molecule has 118 valence electrons. The van der Waals surface area contributed by atoms with E-state index in [1.165, 1.54) is 0 Å². The third-order valence-corrected chi connectivity index (χ3v) is 3.40. The van der Waals surface area contributed by atoms with Crippen molar-refractivity contribution in [1.29, 1.82) is 0 Å². The monoisotopic (exact) mass is 294 g/mol. The highest BCUT2D eigenvalue weighted by molar-refractivity contribution is 5.78. The number of hydrogen-bond donors (Lipinski definition) is 1. The van der Waals surface area contributed by atoms with Crippen LogP contribution >= 0.6 is 0 Å². The summed E-state index contributed by atoms with van der Waals surface area (Å²) in [6, 6.07) is 7.38. The fraction of sp³-hybridized carbons (Fsp3) is 0.562. The van der Waals surface area contributed by atoms with Crippen LogP contribution < -0.4 is 15.2 Å². The first kappa shape index (κ1) is 17.3. The van der Waals surface area contributed by atoms with Crippen LogP contribution in [-0.4, -0.2) is 44.7 Å². The van der Waals surface area contributed by atoms with Crippen molar-refractivity contribution >= 4 is 5.91 Å². The lowest BCUT2D eigenvalue weighted by Crippen LogP contribution is -2.38. The van der Waals surface area contributed by atoms with Crippen molar-refractivity contribution in [2.24, 2.45) is 11.7 Å². The molecule has 5 heteroatoms. The Morgan fingerprint density at radius 1 is 1.29 bits per heavy atom. The van der Waals surface area contributed by atoms with Crippen LogP contribution in [0.3, 0.4) is 0 Å². The molecule has 1 rings (SSSR count). The van der Waals surface area contributed by atoms with Gasteiger partial charge >= 0.3 is 0 Å². The maximum Gasteiger partial charge on any atom is 0.226 e. The van der Waals surface area contributed by atoms with Gasteiger partial charge in [0.2, 0.25) is 5.91 Å². The van der Waals surface area contributed by atoms with E-state index in [1.807, 2.05) is 24.3 Å². The van der Waals surface area contributed by atoms with Gasteiger partial charge in [0.25, 0.3) is 0 Å². The minimum absolute atomic E-state index is 0.0824. The summed E-state index contributed by atoms with van der Waals surface area (Å²) in [5.74, 6) is 1.57. The van der Waals surface area contributed by atoms with Crippen LogP contribution in [-0.2, 0) is 4.79 Å². The molecule has 0 aliphatic heterocycles. The van der Waals surface area contributed by atoms with Crippen LogP contribution in [0.4, 0.5) is 0 Å². The highest BCUT2D eigenvalue weighted by Gasteiger charge is 2.19. The number of methoxy groups -OCH3 is 1. The number of benzene rings is 1. The molecule has 0 saturated heterocycles. The second-order valence-electron chi connectivity index (χ2n) is 5.01. The predicted octanol–water partition coefficient (Wildman–Crippen LogP) is 1.91. The van der Waals surface area contributed by atoms with Crippen LogP contribution in [0, 0.1) is 5.92 Å². The highest BCUT2D eigenvalue weighted by Crippen LogP contribution is 2.17. The summed E-state index contributed by atoms with van der Waals surface area (Å²) in [5, 5.41) is 0. The van der Waals surface area contributed by atoms with Gasteiger partial charge in [-0.2, -0.15) is 0 Å². The molecule has 1 atom stereocenters. The Kier molecular flexibility index (Phi) is 7.61. The molecule has 0 radical (unpaired) electrons. The SMILES string of the molecule is CCCC(CN)C(=O)N(C)CCOc1ccc(OC)cc1. The Hall–Kier alpha value is -1.75. The number of hydrogen-bond acceptors (Lipinski definition) is 4. The Bertz CT molecular complexity index is 420. The second-order valence-corrected chi connectivity index (χ2v) is 5.01. The molecule has 0 spiro atoms. The first-order valence-corrected chi connectivity index (χ1v) is 7.34. The van der Waals surface area contributed by atoms with Crippen molar-refractivity contribution in [2.45, 2.75) is 19.8 Å². The van der Waals surface area contributed by atoms with E-state index >= 15 is 0 Å². The molecule has 0 saturated carbocycles. The summed E-state index contributed by atoms with van der Waals surface area (Å²) in [4.78, 5) is 13.9. The number of carbonyl (C=O) groups excluding carboxylic acids is 1. The minimum Gasteiger partial charge on any atom is -0.497 e. The standard InChI is InChI=1S/C16H26N2O3/c1-4-5-13(12-17)16(19)18(2)10-11-21-15-8-6-14(20-3)7-9-15/h6-9,13H,4-5,10-12,17H2,1-3H3. The van der Waals surface area contributed by atoms with Gasteiger partial charge < -0.3 is 20.1 Å². The summed E-state index contributed by atoms with van der Waals surface area (Å²) < 4.78 is 10.7. The molecule has 0 aromatic heterocycles. The number of amides is 1. The number of likely N-dealkylation sites (N-methyl/N-ethyl adjacent to an activating group) is 1. The van der Waals surface area contributed by atoms with Crippen molar-refractivity contribution < 1.29 is 14.3 Å². The number of nitrogens with two attached hydrogens (primary N) is 1. The van der Waals surface area contributed by atoms with E-state index in [2.05, 4.69) is 6.92 Å². The zero-order valence-corrected chi connectivity index (χ0v) is 13.2. The Balaban J connectivity index is 2.37. The molecule has 5 nitrogen and oxygen atoms in total. The van der Waals surface area contributed by atoms with Crippen LogP contribution in [0.5, 0.6) is 11.5 Å². The fourth-order valence-corrected chi connectivity index (χ4v) is 2.08. The molecule has 0 aliphatic rings. The van der Waals surface area contributed by atoms with Crippen LogP contribution in [0.25, 0.3) is 0 Å². The summed E-state index contributed by atoms with van der Waals surface area (Å²) in [6.45, 7) is 3.46. The number of carbonyl (C=O) groups is 1. The first-order valence-electron chi connectivity index (χ1n) is 7.34. The lowest BCUT2D eigenvalue weighted by Gasteiger charge is -2.22. The number of rotatable bonds is 9. The van der Waals surface area contributed by atoms with E-state index in [0.29, 0.717) is 19.7 Å². The molecule has 21 heavy (non-hydrogen) atoms. The first-order chi connectivity index (χ1) is 10.1. The number of ether oxygens (including phenoxy) is 2. The van der Waals surface area contributed by atoms with E-state index in [0.717, 1.165) is 24.3 Å². The van der Waals surface area contributed by atoms with E-state index in [-0.39, 0.29) is 11.8 Å². The molecular weight excluding hydrogens is 268 g/mol. The maximum absolute atomic E-state index is 12.2. The summed E-state index contributed by atoms with van der Waals surface area (Å²) >= 11 is 0. The van der Waals surface area contributed by atoms with Gasteiger partial charge in [-0.15, -0.1) is 0 Å². The Labute approximate surface area is 127 Å². The fourth-order valence-electron chi connectivity index (χ4n) is 2.08. The molecule has 0 bridgehead atoms. The summed E-state index contributed by atoms with van der Waals surface area (Å²) in [6.07, 6.45) is 1.79.